The number of allylic oxidation sites excluding steroid dienone is 1. The molecule has 4 nitrogen and oxygen atoms in total. The topological polar surface area (TPSA) is 36.9 Å². The van der Waals surface area contributed by atoms with Crippen molar-refractivity contribution in [3.05, 3.63) is 12.3 Å². The first kappa shape index (κ1) is 16.6. The fourth-order valence-electron chi connectivity index (χ4n) is 1.62. The average molecular weight is 262 g/mol. The van der Waals surface area contributed by atoms with Gasteiger partial charge in [0.2, 0.25) is 0 Å². The molecule has 0 bridgehead atoms. The minimum Gasteiger partial charge on any atom is -0.471 e. The molecule has 0 spiro atoms. The summed E-state index contributed by atoms with van der Waals surface area (Å²) in [6.45, 7) is 14.5. The average Bonchev–Trinajstić information content (AvgIpc) is 2.16. The van der Waals surface area contributed by atoms with Crippen molar-refractivity contribution in [3.8, 4) is 0 Å². The molecule has 0 N–H and O–H groups in total. The van der Waals surface area contributed by atoms with Crippen LogP contribution in [0.25, 0.3) is 0 Å². The van der Waals surface area contributed by atoms with Gasteiger partial charge in [-0.1, -0.05) is 19.9 Å². The van der Waals surface area contributed by atoms with Crippen LogP contribution in [0.4, 0.5) is 0 Å². The third-order valence-electron chi connectivity index (χ3n) is 2.00. The molecular formula is C12H26O4Si. The molecule has 17 heavy (non-hydrogen) atoms. The Labute approximate surface area is 106 Å². The first-order valence-corrected chi connectivity index (χ1v) is 8.20. The molecule has 0 saturated carbocycles. The Bertz CT molecular complexity index is 204. The van der Waals surface area contributed by atoms with Crippen LogP contribution in [0.15, 0.2) is 12.3 Å². The SMILES string of the molecule is C=C(C)OC(C)O[Si](CCC)(OCC)OCC. The number of hydrogen-bond acceptors (Lipinski definition) is 4. The van der Waals surface area contributed by atoms with E-state index < -0.39 is 8.80 Å². The lowest BCUT2D eigenvalue weighted by Gasteiger charge is -2.31. The molecule has 102 valence electrons. The Morgan fingerprint density at radius 2 is 1.71 bits per heavy atom. The van der Waals surface area contributed by atoms with Crippen LogP contribution in [0.1, 0.15) is 41.0 Å². The van der Waals surface area contributed by atoms with Crippen molar-refractivity contribution < 1.29 is 18.0 Å². The zero-order valence-electron chi connectivity index (χ0n) is 11.7. The van der Waals surface area contributed by atoms with Crippen molar-refractivity contribution >= 4 is 8.80 Å². The molecule has 0 aliphatic carbocycles. The van der Waals surface area contributed by atoms with E-state index in [2.05, 4.69) is 13.5 Å². The van der Waals surface area contributed by atoms with Gasteiger partial charge < -0.3 is 18.0 Å². The van der Waals surface area contributed by atoms with Crippen molar-refractivity contribution in [3.63, 3.8) is 0 Å². The maximum atomic E-state index is 5.88. The molecule has 0 rings (SSSR count). The largest absolute Gasteiger partial charge is 0.503 e. The van der Waals surface area contributed by atoms with Gasteiger partial charge in [0.1, 0.15) is 0 Å². The van der Waals surface area contributed by atoms with Crippen molar-refractivity contribution in [1.82, 2.24) is 0 Å². The van der Waals surface area contributed by atoms with Gasteiger partial charge in [-0.15, -0.1) is 0 Å². The second kappa shape index (κ2) is 8.69. The van der Waals surface area contributed by atoms with Gasteiger partial charge in [-0.2, -0.15) is 0 Å². The highest BCUT2D eigenvalue weighted by atomic mass is 28.4. The Balaban J connectivity index is 4.56. The second-order valence-corrected chi connectivity index (χ2v) is 6.48. The van der Waals surface area contributed by atoms with E-state index in [1.165, 1.54) is 0 Å². The minimum atomic E-state index is -2.59. The molecule has 0 aromatic heterocycles. The highest BCUT2D eigenvalue weighted by Crippen LogP contribution is 2.21. The highest BCUT2D eigenvalue weighted by Gasteiger charge is 2.41. The van der Waals surface area contributed by atoms with Gasteiger partial charge >= 0.3 is 8.80 Å². The van der Waals surface area contributed by atoms with Crippen molar-refractivity contribution in [2.75, 3.05) is 13.2 Å². The van der Waals surface area contributed by atoms with Crippen molar-refractivity contribution in [2.24, 2.45) is 0 Å². The van der Waals surface area contributed by atoms with E-state index in [-0.39, 0.29) is 6.29 Å². The van der Waals surface area contributed by atoms with E-state index in [1.807, 2.05) is 20.8 Å². The van der Waals surface area contributed by atoms with Crippen LogP contribution < -0.4 is 0 Å². The van der Waals surface area contributed by atoms with E-state index in [1.54, 1.807) is 6.92 Å². The summed E-state index contributed by atoms with van der Waals surface area (Å²) in [5, 5.41) is 0. The fourth-order valence-corrected chi connectivity index (χ4v) is 4.29. The molecule has 1 atom stereocenters. The Hall–Kier alpha value is -0.363. The zero-order chi connectivity index (χ0) is 13.3. The predicted octanol–water partition coefficient (Wildman–Crippen LogP) is 3.32. The summed E-state index contributed by atoms with van der Waals surface area (Å²) in [6, 6.07) is 0.804. The fraction of sp³-hybridized carbons (Fsp3) is 0.833. The van der Waals surface area contributed by atoms with E-state index in [4.69, 9.17) is 18.0 Å². The van der Waals surface area contributed by atoms with Crippen LogP contribution in [-0.4, -0.2) is 28.3 Å². The minimum absolute atomic E-state index is 0.385. The molecule has 0 saturated heterocycles. The summed E-state index contributed by atoms with van der Waals surface area (Å²) < 4.78 is 22.8. The number of ether oxygens (including phenoxy) is 1. The molecule has 0 radical (unpaired) electrons. The van der Waals surface area contributed by atoms with Gasteiger partial charge in [0, 0.05) is 19.3 Å². The standard InChI is InChI=1S/C12H26O4Si/c1-7-10-17(13-8-2,14-9-3)16-12(6)15-11(4)5/h12H,4,7-10H2,1-3,5-6H3. The van der Waals surface area contributed by atoms with Crippen molar-refractivity contribution in [2.45, 2.75) is 53.4 Å². The highest BCUT2D eigenvalue weighted by molar-refractivity contribution is 6.60. The maximum absolute atomic E-state index is 5.88. The summed E-state index contributed by atoms with van der Waals surface area (Å²) in [6.07, 6.45) is 0.579. The molecule has 0 aromatic carbocycles. The monoisotopic (exact) mass is 262 g/mol. The Morgan fingerprint density at radius 1 is 1.18 bits per heavy atom. The van der Waals surface area contributed by atoms with E-state index >= 15 is 0 Å². The van der Waals surface area contributed by atoms with E-state index in [0.29, 0.717) is 19.0 Å². The van der Waals surface area contributed by atoms with E-state index in [0.717, 1.165) is 12.5 Å². The summed E-state index contributed by atoms with van der Waals surface area (Å²) in [5.74, 6) is 0.630. The van der Waals surface area contributed by atoms with Crippen LogP contribution >= 0.6 is 0 Å². The second-order valence-electron chi connectivity index (χ2n) is 3.80. The van der Waals surface area contributed by atoms with Gasteiger partial charge in [-0.05, 0) is 27.7 Å². The summed E-state index contributed by atoms with van der Waals surface area (Å²) in [5.41, 5.74) is 0. The maximum Gasteiger partial charge on any atom is 0.503 e. The Morgan fingerprint density at radius 3 is 2.06 bits per heavy atom. The summed E-state index contributed by atoms with van der Waals surface area (Å²) in [7, 11) is -2.59. The lowest BCUT2D eigenvalue weighted by molar-refractivity contribution is -0.0809. The Kier molecular flexibility index (Phi) is 8.50. The smallest absolute Gasteiger partial charge is 0.471 e. The molecule has 1 unspecified atom stereocenters. The summed E-state index contributed by atoms with van der Waals surface area (Å²) in [4.78, 5) is 0. The van der Waals surface area contributed by atoms with Crippen LogP contribution in [0, 0.1) is 0 Å². The molecule has 0 amide bonds. The third kappa shape index (κ3) is 6.83. The lowest BCUT2D eigenvalue weighted by Crippen LogP contribution is -2.48. The molecule has 0 aromatic rings. The molecule has 0 heterocycles. The van der Waals surface area contributed by atoms with Crippen LogP contribution in [-0.2, 0) is 18.0 Å². The van der Waals surface area contributed by atoms with E-state index in [9.17, 15) is 0 Å². The van der Waals surface area contributed by atoms with Crippen LogP contribution in [0.3, 0.4) is 0 Å². The van der Waals surface area contributed by atoms with Gasteiger partial charge in [0.15, 0.2) is 6.29 Å². The molecule has 0 fully saturated rings. The first-order chi connectivity index (χ1) is 7.99. The number of hydrogen-bond donors (Lipinski definition) is 0. The molecular weight excluding hydrogens is 236 g/mol. The van der Waals surface area contributed by atoms with Gasteiger partial charge in [0.25, 0.3) is 0 Å². The van der Waals surface area contributed by atoms with Crippen LogP contribution in [0.2, 0.25) is 6.04 Å². The molecule has 5 heteroatoms. The molecule has 0 aliphatic rings. The normalized spacial score (nSPS) is 13.5. The summed E-state index contributed by atoms with van der Waals surface area (Å²) >= 11 is 0. The van der Waals surface area contributed by atoms with Gasteiger partial charge in [0.05, 0.1) is 5.76 Å². The lowest BCUT2D eigenvalue weighted by atomic mass is 10.6. The van der Waals surface area contributed by atoms with Gasteiger partial charge in [-0.25, -0.2) is 0 Å². The third-order valence-corrected chi connectivity index (χ3v) is 5.26. The first-order valence-electron chi connectivity index (χ1n) is 6.27. The predicted molar refractivity (Wildman–Crippen MR) is 70.6 cm³/mol. The zero-order valence-corrected chi connectivity index (χ0v) is 12.7. The molecule has 0 aliphatic heterocycles. The van der Waals surface area contributed by atoms with Crippen LogP contribution in [0.5, 0.6) is 0 Å². The number of rotatable bonds is 10. The van der Waals surface area contributed by atoms with Gasteiger partial charge in [-0.3, -0.25) is 0 Å². The quantitative estimate of drug-likeness (QED) is 0.344. The van der Waals surface area contributed by atoms with Crippen molar-refractivity contribution in [1.29, 1.82) is 0 Å².